The third kappa shape index (κ3) is 3.34. The number of nitrogen functional groups attached to an aromatic ring is 1. The van der Waals surface area contributed by atoms with Gasteiger partial charge < -0.3 is 11.1 Å². The molecule has 0 aliphatic heterocycles. The second-order valence-corrected chi connectivity index (χ2v) is 8.10. The summed E-state index contributed by atoms with van der Waals surface area (Å²) < 4.78 is 25.5. The maximum atomic E-state index is 12.8. The lowest BCUT2D eigenvalue weighted by Gasteiger charge is -2.15. The van der Waals surface area contributed by atoms with Crippen molar-refractivity contribution in [3.63, 3.8) is 0 Å². The zero-order valence-electron chi connectivity index (χ0n) is 13.2. The minimum absolute atomic E-state index is 0.270. The van der Waals surface area contributed by atoms with Crippen LogP contribution in [-0.4, -0.2) is 14.5 Å². The quantitative estimate of drug-likeness (QED) is 0.837. The topological polar surface area (TPSA) is 72.2 Å². The SMILES string of the molecule is Cc1cc(NC2CCCC2)ccc1S(=O)(=O)c1ccc(N)cc1. The minimum Gasteiger partial charge on any atom is -0.399 e. The predicted octanol–water partition coefficient (Wildman–Crippen LogP) is 3.76. The van der Waals surface area contributed by atoms with Gasteiger partial charge in [0.15, 0.2) is 0 Å². The Kier molecular flexibility index (Phi) is 4.31. The second kappa shape index (κ2) is 6.24. The number of hydrogen-bond donors (Lipinski definition) is 2. The monoisotopic (exact) mass is 330 g/mol. The summed E-state index contributed by atoms with van der Waals surface area (Å²) in [5.41, 5.74) is 7.93. The number of nitrogens with two attached hydrogens (primary N) is 1. The Morgan fingerprint density at radius 2 is 1.70 bits per heavy atom. The average Bonchev–Trinajstić information content (AvgIpc) is 3.00. The summed E-state index contributed by atoms with van der Waals surface area (Å²) in [6, 6.07) is 12.3. The Morgan fingerprint density at radius 1 is 1.04 bits per heavy atom. The first-order valence-electron chi connectivity index (χ1n) is 7.94. The van der Waals surface area contributed by atoms with Crippen molar-refractivity contribution >= 4 is 21.2 Å². The minimum atomic E-state index is -3.51. The largest absolute Gasteiger partial charge is 0.399 e. The van der Waals surface area contributed by atoms with Crippen molar-refractivity contribution in [1.29, 1.82) is 0 Å². The Bertz CT molecular complexity index is 792. The fourth-order valence-electron chi connectivity index (χ4n) is 3.12. The van der Waals surface area contributed by atoms with Crippen LogP contribution in [-0.2, 0) is 9.84 Å². The van der Waals surface area contributed by atoms with E-state index < -0.39 is 9.84 Å². The molecular weight excluding hydrogens is 308 g/mol. The number of nitrogens with one attached hydrogen (secondary N) is 1. The highest BCUT2D eigenvalue weighted by Crippen LogP contribution is 2.28. The maximum absolute atomic E-state index is 12.8. The van der Waals surface area contributed by atoms with E-state index in [1.807, 2.05) is 19.1 Å². The second-order valence-electron chi connectivity index (χ2n) is 6.18. The van der Waals surface area contributed by atoms with Gasteiger partial charge in [-0.1, -0.05) is 12.8 Å². The first kappa shape index (κ1) is 15.9. The maximum Gasteiger partial charge on any atom is 0.206 e. The molecule has 1 fully saturated rings. The first-order chi connectivity index (χ1) is 11.0. The van der Waals surface area contributed by atoms with Gasteiger partial charge in [0.1, 0.15) is 0 Å². The van der Waals surface area contributed by atoms with E-state index in [9.17, 15) is 8.42 Å². The van der Waals surface area contributed by atoms with E-state index in [4.69, 9.17) is 5.73 Å². The predicted molar refractivity (Wildman–Crippen MR) is 93.4 cm³/mol. The highest BCUT2D eigenvalue weighted by molar-refractivity contribution is 7.91. The molecule has 0 unspecified atom stereocenters. The summed E-state index contributed by atoms with van der Waals surface area (Å²) in [5, 5.41) is 3.50. The van der Waals surface area contributed by atoms with Crippen LogP contribution in [0, 0.1) is 6.92 Å². The molecule has 23 heavy (non-hydrogen) atoms. The molecule has 1 saturated carbocycles. The molecule has 0 amide bonds. The van der Waals surface area contributed by atoms with Crippen molar-refractivity contribution in [2.24, 2.45) is 0 Å². The molecule has 0 radical (unpaired) electrons. The average molecular weight is 330 g/mol. The van der Waals surface area contributed by atoms with Crippen LogP contribution in [0.25, 0.3) is 0 Å². The Hall–Kier alpha value is -2.01. The van der Waals surface area contributed by atoms with Crippen LogP contribution in [0.3, 0.4) is 0 Å². The summed E-state index contributed by atoms with van der Waals surface area (Å²) >= 11 is 0. The highest BCUT2D eigenvalue weighted by atomic mass is 32.2. The van der Waals surface area contributed by atoms with Crippen LogP contribution >= 0.6 is 0 Å². The molecule has 122 valence electrons. The fraction of sp³-hybridized carbons (Fsp3) is 0.333. The molecule has 5 heteroatoms. The molecule has 4 nitrogen and oxygen atoms in total. The van der Waals surface area contributed by atoms with Crippen LogP contribution in [0.15, 0.2) is 52.3 Å². The molecule has 0 spiro atoms. The summed E-state index contributed by atoms with van der Waals surface area (Å²) in [4.78, 5) is 0.616. The highest BCUT2D eigenvalue weighted by Gasteiger charge is 2.21. The van der Waals surface area contributed by atoms with Gasteiger partial charge in [-0.15, -0.1) is 0 Å². The van der Waals surface area contributed by atoms with E-state index in [0.29, 0.717) is 16.6 Å². The smallest absolute Gasteiger partial charge is 0.206 e. The zero-order chi connectivity index (χ0) is 16.4. The standard InChI is InChI=1S/C18H22N2O2S/c1-13-12-16(20-15-4-2-3-5-15)8-11-18(13)23(21,22)17-9-6-14(19)7-10-17/h6-12,15,20H,2-5,19H2,1H3. The molecule has 2 aromatic carbocycles. The van der Waals surface area contributed by atoms with E-state index in [1.54, 1.807) is 30.3 Å². The number of anilines is 2. The number of hydrogen-bond acceptors (Lipinski definition) is 4. The van der Waals surface area contributed by atoms with Gasteiger partial charge in [-0.25, -0.2) is 8.42 Å². The molecular formula is C18H22N2O2S. The summed E-state index contributed by atoms with van der Waals surface area (Å²) in [5.74, 6) is 0. The number of benzene rings is 2. The molecule has 2 aromatic rings. The van der Waals surface area contributed by atoms with Gasteiger partial charge in [-0.05, 0) is 67.8 Å². The lowest BCUT2D eigenvalue weighted by atomic mass is 10.2. The van der Waals surface area contributed by atoms with Gasteiger partial charge in [-0.3, -0.25) is 0 Å². The van der Waals surface area contributed by atoms with Crippen LogP contribution in [0.4, 0.5) is 11.4 Å². The molecule has 0 atom stereocenters. The van der Waals surface area contributed by atoms with Crippen molar-refractivity contribution in [1.82, 2.24) is 0 Å². The first-order valence-corrected chi connectivity index (χ1v) is 9.43. The van der Waals surface area contributed by atoms with Gasteiger partial charge in [0.2, 0.25) is 9.84 Å². The zero-order valence-corrected chi connectivity index (χ0v) is 14.1. The Balaban J connectivity index is 1.88. The summed E-state index contributed by atoms with van der Waals surface area (Å²) in [7, 11) is -3.51. The van der Waals surface area contributed by atoms with Crippen molar-refractivity contribution in [2.75, 3.05) is 11.1 Å². The normalized spacial score (nSPS) is 15.7. The third-order valence-electron chi connectivity index (χ3n) is 4.38. The van der Waals surface area contributed by atoms with Crippen molar-refractivity contribution in [3.8, 4) is 0 Å². The molecule has 1 aliphatic carbocycles. The molecule has 0 heterocycles. The van der Waals surface area contributed by atoms with Crippen molar-refractivity contribution < 1.29 is 8.42 Å². The third-order valence-corrected chi connectivity index (χ3v) is 6.31. The van der Waals surface area contributed by atoms with Crippen LogP contribution in [0.5, 0.6) is 0 Å². The lowest BCUT2D eigenvalue weighted by Crippen LogP contribution is -2.14. The number of rotatable bonds is 4. The van der Waals surface area contributed by atoms with Crippen LogP contribution in [0.1, 0.15) is 31.2 Å². The van der Waals surface area contributed by atoms with E-state index >= 15 is 0 Å². The van der Waals surface area contributed by atoms with E-state index in [2.05, 4.69) is 5.32 Å². The Morgan fingerprint density at radius 3 is 2.30 bits per heavy atom. The molecule has 1 aliphatic rings. The van der Waals surface area contributed by atoms with Crippen molar-refractivity contribution in [3.05, 3.63) is 48.0 Å². The summed E-state index contributed by atoms with van der Waals surface area (Å²) in [6.07, 6.45) is 4.90. The summed E-state index contributed by atoms with van der Waals surface area (Å²) in [6.45, 7) is 1.84. The molecule has 3 N–H and O–H groups in total. The van der Waals surface area contributed by atoms with E-state index in [1.165, 1.54) is 25.7 Å². The van der Waals surface area contributed by atoms with Gasteiger partial charge in [0.25, 0.3) is 0 Å². The molecule has 0 saturated heterocycles. The Labute approximate surface area is 137 Å². The molecule has 0 bridgehead atoms. The van der Waals surface area contributed by atoms with E-state index in [0.717, 1.165) is 11.3 Å². The van der Waals surface area contributed by atoms with Gasteiger partial charge in [-0.2, -0.15) is 0 Å². The lowest BCUT2D eigenvalue weighted by molar-refractivity contribution is 0.595. The fourth-order valence-corrected chi connectivity index (χ4v) is 4.60. The van der Waals surface area contributed by atoms with Gasteiger partial charge in [0, 0.05) is 17.4 Å². The number of sulfone groups is 1. The number of aryl methyl sites for hydroxylation is 1. The van der Waals surface area contributed by atoms with Gasteiger partial charge in [0.05, 0.1) is 9.79 Å². The van der Waals surface area contributed by atoms with Crippen LogP contribution < -0.4 is 11.1 Å². The molecule has 0 aromatic heterocycles. The van der Waals surface area contributed by atoms with E-state index in [-0.39, 0.29) is 4.90 Å². The van der Waals surface area contributed by atoms with Gasteiger partial charge >= 0.3 is 0 Å². The van der Waals surface area contributed by atoms with Crippen molar-refractivity contribution in [2.45, 2.75) is 48.4 Å². The molecule has 3 rings (SSSR count). The van der Waals surface area contributed by atoms with Crippen LogP contribution in [0.2, 0.25) is 0 Å².